The first kappa shape index (κ1) is 16.5. The first-order valence-corrected chi connectivity index (χ1v) is 8.65. The lowest BCUT2D eigenvalue weighted by atomic mass is 9.98. The zero-order valence-electron chi connectivity index (χ0n) is 14.3. The van der Waals surface area contributed by atoms with E-state index in [1.165, 1.54) is 62.0 Å². The minimum Gasteiger partial charge on any atom is -0.307 e. The molecule has 1 N–H and O–H groups in total. The normalized spacial score (nSPS) is 22.0. The molecular weight excluding hydrogens is 256 g/mol. The Balaban J connectivity index is 1.91. The van der Waals surface area contributed by atoms with Gasteiger partial charge in [-0.25, -0.2) is 0 Å². The Bertz CT molecular complexity index is 441. The molecule has 118 valence electrons. The van der Waals surface area contributed by atoms with Crippen molar-refractivity contribution in [1.29, 1.82) is 0 Å². The van der Waals surface area contributed by atoms with E-state index in [-0.39, 0.29) is 0 Å². The predicted molar refractivity (Wildman–Crippen MR) is 91.8 cm³/mol. The van der Waals surface area contributed by atoms with Gasteiger partial charge in [0, 0.05) is 12.1 Å². The molecular formula is C19H32N2. The van der Waals surface area contributed by atoms with Crippen LogP contribution in [0.1, 0.15) is 62.3 Å². The molecule has 2 nitrogen and oxygen atoms in total. The standard InChI is InChI=1S/C19H32N2/c1-5-11-21-12-6-7-18(10-13-21)20-17(4)19-9-8-15(2)14-16(19)3/h8-9,14,17-18,20H,5-7,10-13H2,1-4H3. The molecule has 1 fully saturated rings. The molecule has 1 aliphatic rings. The molecule has 2 rings (SSSR count). The molecule has 0 saturated carbocycles. The molecule has 0 aliphatic carbocycles. The molecule has 21 heavy (non-hydrogen) atoms. The smallest absolute Gasteiger partial charge is 0.0296 e. The van der Waals surface area contributed by atoms with Crippen LogP contribution in [0.5, 0.6) is 0 Å². The number of hydrogen-bond donors (Lipinski definition) is 1. The summed E-state index contributed by atoms with van der Waals surface area (Å²) in [5.41, 5.74) is 4.22. The van der Waals surface area contributed by atoms with Gasteiger partial charge in [-0.2, -0.15) is 0 Å². The lowest BCUT2D eigenvalue weighted by Crippen LogP contribution is -2.33. The lowest BCUT2D eigenvalue weighted by molar-refractivity contribution is 0.281. The monoisotopic (exact) mass is 288 g/mol. The molecule has 1 aromatic rings. The van der Waals surface area contributed by atoms with Crippen LogP contribution in [-0.4, -0.2) is 30.6 Å². The van der Waals surface area contributed by atoms with Gasteiger partial charge >= 0.3 is 0 Å². The molecule has 1 heterocycles. The number of aryl methyl sites for hydroxylation is 2. The van der Waals surface area contributed by atoms with E-state index in [2.05, 4.69) is 56.1 Å². The second kappa shape index (κ2) is 7.95. The fourth-order valence-corrected chi connectivity index (χ4v) is 3.62. The predicted octanol–water partition coefficient (Wildman–Crippen LogP) is 4.22. The summed E-state index contributed by atoms with van der Waals surface area (Å²) in [4.78, 5) is 2.63. The van der Waals surface area contributed by atoms with Crippen molar-refractivity contribution in [2.24, 2.45) is 0 Å². The van der Waals surface area contributed by atoms with Crippen molar-refractivity contribution in [2.45, 2.75) is 65.5 Å². The molecule has 2 atom stereocenters. The van der Waals surface area contributed by atoms with Gasteiger partial charge in [0.1, 0.15) is 0 Å². The summed E-state index contributed by atoms with van der Waals surface area (Å²) in [5, 5.41) is 3.87. The zero-order valence-corrected chi connectivity index (χ0v) is 14.3. The maximum Gasteiger partial charge on any atom is 0.0296 e. The van der Waals surface area contributed by atoms with E-state index in [4.69, 9.17) is 0 Å². The molecule has 0 aromatic heterocycles. The third-order valence-corrected chi connectivity index (χ3v) is 4.74. The number of rotatable bonds is 5. The molecule has 1 aromatic carbocycles. The Morgan fingerprint density at radius 1 is 1.24 bits per heavy atom. The van der Waals surface area contributed by atoms with E-state index in [1.807, 2.05) is 0 Å². The quantitative estimate of drug-likeness (QED) is 0.872. The van der Waals surface area contributed by atoms with Crippen LogP contribution in [-0.2, 0) is 0 Å². The van der Waals surface area contributed by atoms with E-state index >= 15 is 0 Å². The Kier molecular flexibility index (Phi) is 6.25. The van der Waals surface area contributed by atoms with Crippen LogP contribution >= 0.6 is 0 Å². The highest BCUT2D eigenvalue weighted by molar-refractivity contribution is 5.32. The summed E-state index contributed by atoms with van der Waals surface area (Å²) in [6.45, 7) is 12.8. The van der Waals surface area contributed by atoms with Crippen molar-refractivity contribution in [1.82, 2.24) is 10.2 Å². The highest BCUT2D eigenvalue weighted by Crippen LogP contribution is 2.21. The summed E-state index contributed by atoms with van der Waals surface area (Å²) < 4.78 is 0. The SMILES string of the molecule is CCCN1CCCC(NC(C)c2ccc(C)cc2C)CC1. The largest absolute Gasteiger partial charge is 0.307 e. The minimum absolute atomic E-state index is 0.452. The fraction of sp³-hybridized carbons (Fsp3) is 0.684. The molecule has 0 radical (unpaired) electrons. The minimum atomic E-state index is 0.452. The number of nitrogens with zero attached hydrogens (tertiary/aromatic N) is 1. The molecule has 0 bridgehead atoms. The van der Waals surface area contributed by atoms with Crippen molar-refractivity contribution < 1.29 is 0 Å². The summed E-state index contributed by atoms with van der Waals surface area (Å²) in [6.07, 6.45) is 5.21. The second-order valence-corrected chi connectivity index (χ2v) is 6.72. The first-order valence-electron chi connectivity index (χ1n) is 8.65. The van der Waals surface area contributed by atoms with Gasteiger partial charge in [-0.15, -0.1) is 0 Å². The van der Waals surface area contributed by atoms with Crippen molar-refractivity contribution in [3.8, 4) is 0 Å². The van der Waals surface area contributed by atoms with Crippen molar-refractivity contribution in [3.05, 3.63) is 34.9 Å². The Hall–Kier alpha value is -0.860. The Labute approximate surface area is 130 Å². The maximum atomic E-state index is 3.87. The molecule has 0 amide bonds. The molecule has 2 heteroatoms. The third-order valence-electron chi connectivity index (χ3n) is 4.74. The van der Waals surface area contributed by atoms with E-state index < -0.39 is 0 Å². The number of nitrogens with one attached hydrogen (secondary N) is 1. The number of hydrogen-bond acceptors (Lipinski definition) is 2. The van der Waals surface area contributed by atoms with E-state index in [9.17, 15) is 0 Å². The second-order valence-electron chi connectivity index (χ2n) is 6.72. The Morgan fingerprint density at radius 3 is 2.76 bits per heavy atom. The molecule has 1 aliphatic heterocycles. The van der Waals surface area contributed by atoms with Gasteiger partial charge in [-0.1, -0.05) is 30.7 Å². The van der Waals surface area contributed by atoms with Crippen LogP contribution in [0.2, 0.25) is 0 Å². The van der Waals surface area contributed by atoms with Crippen LogP contribution in [0, 0.1) is 13.8 Å². The van der Waals surface area contributed by atoms with E-state index in [0.717, 1.165) is 0 Å². The van der Waals surface area contributed by atoms with Gasteiger partial charge in [-0.3, -0.25) is 0 Å². The summed E-state index contributed by atoms with van der Waals surface area (Å²) in [5.74, 6) is 0. The van der Waals surface area contributed by atoms with E-state index in [0.29, 0.717) is 12.1 Å². The average Bonchev–Trinajstić information content (AvgIpc) is 2.65. The van der Waals surface area contributed by atoms with Crippen molar-refractivity contribution >= 4 is 0 Å². The highest BCUT2D eigenvalue weighted by atomic mass is 15.1. The van der Waals surface area contributed by atoms with E-state index in [1.54, 1.807) is 0 Å². The summed E-state index contributed by atoms with van der Waals surface area (Å²) in [6, 6.07) is 7.94. The van der Waals surface area contributed by atoms with Crippen molar-refractivity contribution in [3.63, 3.8) is 0 Å². The third kappa shape index (κ3) is 4.82. The topological polar surface area (TPSA) is 15.3 Å². The van der Waals surface area contributed by atoms with Gasteiger partial charge in [0.25, 0.3) is 0 Å². The van der Waals surface area contributed by atoms with Gasteiger partial charge in [0.2, 0.25) is 0 Å². The van der Waals surface area contributed by atoms with Gasteiger partial charge in [0.05, 0.1) is 0 Å². The van der Waals surface area contributed by atoms with Crippen molar-refractivity contribution in [2.75, 3.05) is 19.6 Å². The number of likely N-dealkylation sites (tertiary alicyclic amines) is 1. The molecule has 2 unspecified atom stereocenters. The first-order chi connectivity index (χ1) is 10.1. The number of benzene rings is 1. The summed E-state index contributed by atoms with van der Waals surface area (Å²) >= 11 is 0. The van der Waals surface area contributed by atoms with Crippen LogP contribution in [0.4, 0.5) is 0 Å². The van der Waals surface area contributed by atoms with Crippen LogP contribution < -0.4 is 5.32 Å². The average molecular weight is 288 g/mol. The van der Waals surface area contributed by atoms with Gasteiger partial charge in [0.15, 0.2) is 0 Å². The Morgan fingerprint density at radius 2 is 2.05 bits per heavy atom. The maximum absolute atomic E-state index is 3.87. The highest BCUT2D eigenvalue weighted by Gasteiger charge is 2.19. The van der Waals surface area contributed by atoms with Crippen LogP contribution in [0.25, 0.3) is 0 Å². The van der Waals surface area contributed by atoms with Crippen LogP contribution in [0.15, 0.2) is 18.2 Å². The van der Waals surface area contributed by atoms with Crippen LogP contribution in [0.3, 0.4) is 0 Å². The fourth-order valence-electron chi connectivity index (χ4n) is 3.62. The summed E-state index contributed by atoms with van der Waals surface area (Å²) in [7, 11) is 0. The lowest BCUT2D eigenvalue weighted by Gasteiger charge is -2.24. The zero-order chi connectivity index (χ0) is 15.2. The molecule has 0 spiro atoms. The molecule has 1 saturated heterocycles. The van der Waals surface area contributed by atoms with Gasteiger partial charge < -0.3 is 10.2 Å². The van der Waals surface area contributed by atoms with Gasteiger partial charge in [-0.05, 0) is 77.2 Å².